The highest BCUT2D eigenvalue weighted by Gasteiger charge is 1.96. The normalized spacial score (nSPS) is 10.5. The first-order valence-corrected chi connectivity index (χ1v) is 5.05. The maximum absolute atomic E-state index is 3.77. The molecular weight excluding hydrogens is 188 g/mol. The first kappa shape index (κ1) is 9.86. The van der Waals surface area contributed by atoms with Gasteiger partial charge >= 0.3 is 0 Å². The van der Waals surface area contributed by atoms with Crippen LogP contribution in [0.3, 0.4) is 0 Å². The average Bonchev–Trinajstić information content (AvgIpc) is 2.80. The number of nitrogens with one attached hydrogen (secondary N) is 1. The second kappa shape index (κ2) is 4.70. The molecule has 0 fully saturated rings. The fraction of sp³-hybridized carbons (Fsp3) is 0.273. The molecule has 0 aliphatic rings. The van der Waals surface area contributed by atoms with Gasteiger partial charge in [0.2, 0.25) is 0 Å². The number of hydrogen-bond donors (Lipinski definition) is 1. The molecule has 0 unspecified atom stereocenters. The van der Waals surface area contributed by atoms with Gasteiger partial charge in [-0.1, -0.05) is 19.1 Å². The lowest BCUT2D eigenvalue weighted by Crippen LogP contribution is -2.11. The molecule has 4 nitrogen and oxygen atoms in total. The zero-order valence-corrected chi connectivity index (χ0v) is 8.72. The highest BCUT2D eigenvalue weighted by molar-refractivity contribution is 5.34. The Morgan fingerprint density at radius 3 is 2.40 bits per heavy atom. The van der Waals surface area contributed by atoms with Crippen molar-refractivity contribution in [3.8, 4) is 5.69 Å². The smallest absolute Gasteiger partial charge is 0.123 e. The molecule has 2 rings (SSSR count). The highest BCUT2D eigenvalue weighted by Crippen LogP contribution is 2.08. The summed E-state index contributed by atoms with van der Waals surface area (Å²) in [6.07, 6.45) is 3.39. The maximum Gasteiger partial charge on any atom is 0.123 e. The molecule has 0 radical (unpaired) electrons. The van der Waals surface area contributed by atoms with E-state index in [9.17, 15) is 0 Å². The van der Waals surface area contributed by atoms with Crippen molar-refractivity contribution < 1.29 is 0 Å². The van der Waals surface area contributed by atoms with E-state index in [1.54, 1.807) is 12.7 Å². The standard InChI is InChI=1S/C11H14N4/c1-2-12-7-10-3-5-11(6-4-10)15-8-13-14-9-15/h3-6,8-9,12H,2,7H2,1H3. The largest absolute Gasteiger partial charge is 0.313 e. The van der Waals surface area contributed by atoms with Crippen LogP contribution < -0.4 is 5.32 Å². The molecule has 78 valence electrons. The van der Waals surface area contributed by atoms with E-state index < -0.39 is 0 Å². The van der Waals surface area contributed by atoms with Gasteiger partial charge in [0.05, 0.1) is 0 Å². The molecule has 0 bridgehead atoms. The molecule has 0 aliphatic carbocycles. The van der Waals surface area contributed by atoms with Crippen LogP contribution in [0.4, 0.5) is 0 Å². The summed E-state index contributed by atoms with van der Waals surface area (Å²) in [5.41, 5.74) is 2.37. The van der Waals surface area contributed by atoms with Crippen LogP contribution in [-0.2, 0) is 6.54 Å². The van der Waals surface area contributed by atoms with Gasteiger partial charge < -0.3 is 5.32 Å². The van der Waals surface area contributed by atoms with Gasteiger partial charge in [-0.15, -0.1) is 10.2 Å². The molecule has 0 saturated heterocycles. The summed E-state index contributed by atoms with van der Waals surface area (Å²) in [6.45, 7) is 4.01. The van der Waals surface area contributed by atoms with Gasteiger partial charge in [-0.3, -0.25) is 4.57 Å². The molecular formula is C11H14N4. The number of aromatic nitrogens is 3. The van der Waals surface area contributed by atoms with E-state index in [-0.39, 0.29) is 0 Å². The molecule has 0 amide bonds. The lowest BCUT2D eigenvalue weighted by molar-refractivity contribution is 0.726. The van der Waals surface area contributed by atoms with Crippen molar-refractivity contribution in [2.24, 2.45) is 0 Å². The minimum Gasteiger partial charge on any atom is -0.313 e. The number of rotatable bonds is 4. The van der Waals surface area contributed by atoms with Crippen molar-refractivity contribution in [2.75, 3.05) is 6.54 Å². The molecule has 0 saturated carbocycles. The van der Waals surface area contributed by atoms with Crippen LogP contribution in [0.25, 0.3) is 5.69 Å². The van der Waals surface area contributed by atoms with E-state index in [0.29, 0.717) is 0 Å². The van der Waals surface area contributed by atoms with Gasteiger partial charge in [0.1, 0.15) is 12.7 Å². The van der Waals surface area contributed by atoms with Crippen molar-refractivity contribution in [3.05, 3.63) is 42.5 Å². The summed E-state index contributed by atoms with van der Waals surface area (Å²) in [5, 5.41) is 10.8. The Kier molecular flexibility index (Phi) is 3.09. The molecule has 0 spiro atoms. The van der Waals surface area contributed by atoms with Crippen LogP contribution in [0.5, 0.6) is 0 Å². The molecule has 1 aromatic heterocycles. The summed E-state index contributed by atoms with van der Waals surface area (Å²) in [7, 11) is 0. The number of hydrogen-bond acceptors (Lipinski definition) is 3. The summed E-state index contributed by atoms with van der Waals surface area (Å²) < 4.78 is 1.89. The Balaban J connectivity index is 2.11. The van der Waals surface area contributed by atoms with E-state index in [1.165, 1.54) is 5.56 Å². The minimum atomic E-state index is 0.916. The van der Waals surface area contributed by atoms with Gasteiger partial charge in [0, 0.05) is 12.2 Å². The van der Waals surface area contributed by atoms with Gasteiger partial charge in [0.15, 0.2) is 0 Å². The third-order valence-electron chi connectivity index (χ3n) is 2.23. The Morgan fingerprint density at radius 2 is 1.80 bits per heavy atom. The van der Waals surface area contributed by atoms with Gasteiger partial charge in [0.25, 0.3) is 0 Å². The SMILES string of the molecule is CCNCc1ccc(-n2cnnc2)cc1. The Hall–Kier alpha value is -1.68. The van der Waals surface area contributed by atoms with Crippen molar-refractivity contribution >= 4 is 0 Å². The Labute approximate surface area is 89.0 Å². The third kappa shape index (κ3) is 2.41. The Bertz CT molecular complexity index is 391. The fourth-order valence-corrected chi connectivity index (χ4v) is 1.39. The lowest BCUT2D eigenvalue weighted by Gasteiger charge is -2.04. The zero-order chi connectivity index (χ0) is 10.5. The molecule has 15 heavy (non-hydrogen) atoms. The predicted molar refractivity (Wildman–Crippen MR) is 58.7 cm³/mol. The van der Waals surface area contributed by atoms with Crippen molar-refractivity contribution in [2.45, 2.75) is 13.5 Å². The van der Waals surface area contributed by atoms with Gasteiger partial charge in [-0.05, 0) is 24.2 Å². The van der Waals surface area contributed by atoms with Crippen LogP contribution in [0.1, 0.15) is 12.5 Å². The van der Waals surface area contributed by atoms with Crippen LogP contribution in [-0.4, -0.2) is 21.3 Å². The van der Waals surface area contributed by atoms with Crippen molar-refractivity contribution in [1.29, 1.82) is 0 Å². The zero-order valence-electron chi connectivity index (χ0n) is 8.72. The first-order chi connectivity index (χ1) is 7.40. The van der Waals surface area contributed by atoms with E-state index >= 15 is 0 Å². The average molecular weight is 202 g/mol. The monoisotopic (exact) mass is 202 g/mol. The number of nitrogens with zero attached hydrogens (tertiary/aromatic N) is 3. The first-order valence-electron chi connectivity index (χ1n) is 5.05. The molecule has 0 aliphatic heterocycles. The maximum atomic E-state index is 3.77. The second-order valence-corrected chi connectivity index (χ2v) is 3.32. The fourth-order valence-electron chi connectivity index (χ4n) is 1.39. The van der Waals surface area contributed by atoms with E-state index in [0.717, 1.165) is 18.8 Å². The van der Waals surface area contributed by atoms with E-state index in [1.807, 2.05) is 4.57 Å². The summed E-state index contributed by atoms with van der Waals surface area (Å²) in [5.74, 6) is 0. The van der Waals surface area contributed by atoms with Crippen LogP contribution in [0, 0.1) is 0 Å². The van der Waals surface area contributed by atoms with Crippen LogP contribution in [0.2, 0.25) is 0 Å². The van der Waals surface area contributed by atoms with Gasteiger partial charge in [-0.2, -0.15) is 0 Å². The van der Waals surface area contributed by atoms with Crippen LogP contribution in [0.15, 0.2) is 36.9 Å². The van der Waals surface area contributed by atoms with Crippen molar-refractivity contribution in [3.63, 3.8) is 0 Å². The lowest BCUT2D eigenvalue weighted by atomic mass is 10.2. The van der Waals surface area contributed by atoms with E-state index in [2.05, 4.69) is 46.7 Å². The second-order valence-electron chi connectivity index (χ2n) is 3.32. The van der Waals surface area contributed by atoms with Gasteiger partial charge in [-0.25, -0.2) is 0 Å². The predicted octanol–water partition coefficient (Wildman–Crippen LogP) is 1.38. The molecule has 1 N–H and O–H groups in total. The molecule has 1 heterocycles. The van der Waals surface area contributed by atoms with E-state index in [4.69, 9.17) is 0 Å². The summed E-state index contributed by atoms with van der Waals surface area (Å²) in [6, 6.07) is 8.35. The molecule has 0 atom stereocenters. The third-order valence-corrected chi connectivity index (χ3v) is 2.23. The summed E-state index contributed by atoms with van der Waals surface area (Å²) in [4.78, 5) is 0. The minimum absolute atomic E-state index is 0.916. The topological polar surface area (TPSA) is 42.7 Å². The highest BCUT2D eigenvalue weighted by atomic mass is 15.2. The molecule has 4 heteroatoms. The quantitative estimate of drug-likeness (QED) is 0.814. The Morgan fingerprint density at radius 1 is 1.13 bits per heavy atom. The number of benzene rings is 1. The van der Waals surface area contributed by atoms with Crippen molar-refractivity contribution in [1.82, 2.24) is 20.1 Å². The molecule has 1 aromatic carbocycles. The molecule has 2 aromatic rings. The summed E-state index contributed by atoms with van der Waals surface area (Å²) >= 11 is 0. The van der Waals surface area contributed by atoms with Crippen LogP contribution >= 0.6 is 0 Å².